The van der Waals surface area contributed by atoms with Gasteiger partial charge in [-0.15, -0.1) is 0 Å². The smallest absolute Gasteiger partial charge is 0.152 e. The molecule has 1 heterocycles. The van der Waals surface area contributed by atoms with Gasteiger partial charge >= 0.3 is 0 Å². The van der Waals surface area contributed by atoms with Gasteiger partial charge in [0.05, 0.1) is 18.0 Å². The molecule has 5 heteroatoms. The van der Waals surface area contributed by atoms with Crippen LogP contribution in [0.3, 0.4) is 0 Å². The fraction of sp³-hybridized carbons (Fsp3) is 0.400. The maximum Gasteiger partial charge on any atom is 0.152 e. The van der Waals surface area contributed by atoms with E-state index < -0.39 is 0 Å². The SMILES string of the molecule is CCCc1nn(C)c(Nc2cccc(COC)c2)c1N. The second-order valence-corrected chi connectivity index (χ2v) is 4.84. The molecule has 0 unspecified atom stereocenters. The molecule has 5 nitrogen and oxygen atoms in total. The van der Waals surface area contributed by atoms with Crippen LogP contribution in [0.15, 0.2) is 24.3 Å². The van der Waals surface area contributed by atoms with Crippen molar-refractivity contribution in [3.8, 4) is 0 Å². The van der Waals surface area contributed by atoms with E-state index in [1.165, 1.54) is 0 Å². The van der Waals surface area contributed by atoms with Crippen molar-refractivity contribution in [1.82, 2.24) is 9.78 Å². The van der Waals surface area contributed by atoms with E-state index in [0.29, 0.717) is 6.61 Å². The van der Waals surface area contributed by atoms with Crippen LogP contribution in [0.25, 0.3) is 0 Å². The number of anilines is 3. The molecule has 0 aliphatic carbocycles. The minimum absolute atomic E-state index is 0.595. The number of benzene rings is 1. The average molecular weight is 274 g/mol. The summed E-state index contributed by atoms with van der Waals surface area (Å²) in [4.78, 5) is 0. The van der Waals surface area contributed by atoms with Gasteiger partial charge in [-0.05, 0) is 24.1 Å². The molecular weight excluding hydrogens is 252 g/mol. The molecule has 108 valence electrons. The monoisotopic (exact) mass is 274 g/mol. The first-order valence-corrected chi connectivity index (χ1v) is 6.82. The highest BCUT2D eigenvalue weighted by Gasteiger charge is 2.12. The van der Waals surface area contributed by atoms with Gasteiger partial charge in [-0.1, -0.05) is 25.5 Å². The summed E-state index contributed by atoms with van der Waals surface area (Å²) in [5.74, 6) is 0.836. The molecule has 3 N–H and O–H groups in total. The lowest BCUT2D eigenvalue weighted by Gasteiger charge is -2.09. The van der Waals surface area contributed by atoms with Crippen LogP contribution in [0.5, 0.6) is 0 Å². The molecule has 1 aromatic heterocycles. The number of nitrogens with two attached hydrogens (primary N) is 1. The Bertz CT molecular complexity index is 577. The fourth-order valence-corrected chi connectivity index (χ4v) is 2.21. The van der Waals surface area contributed by atoms with E-state index in [-0.39, 0.29) is 0 Å². The molecule has 20 heavy (non-hydrogen) atoms. The second kappa shape index (κ2) is 6.43. The Balaban J connectivity index is 2.23. The van der Waals surface area contributed by atoms with Crippen LogP contribution in [0.4, 0.5) is 17.2 Å². The Hall–Kier alpha value is -2.01. The summed E-state index contributed by atoms with van der Waals surface area (Å²) < 4.78 is 6.94. The maximum absolute atomic E-state index is 6.16. The van der Waals surface area contributed by atoms with Gasteiger partial charge in [0.25, 0.3) is 0 Å². The van der Waals surface area contributed by atoms with Gasteiger partial charge in [-0.3, -0.25) is 4.68 Å². The van der Waals surface area contributed by atoms with Gasteiger partial charge in [0.15, 0.2) is 5.82 Å². The number of aryl methyl sites for hydroxylation is 2. The molecule has 0 spiro atoms. The molecule has 2 aromatic rings. The third kappa shape index (κ3) is 3.11. The van der Waals surface area contributed by atoms with Gasteiger partial charge in [-0.2, -0.15) is 5.10 Å². The molecule has 2 rings (SSSR count). The van der Waals surface area contributed by atoms with Crippen molar-refractivity contribution in [2.45, 2.75) is 26.4 Å². The molecule has 0 radical (unpaired) electrons. The first-order chi connectivity index (χ1) is 9.65. The maximum atomic E-state index is 6.16. The topological polar surface area (TPSA) is 65.1 Å². The standard InChI is InChI=1S/C15H22N4O/c1-4-6-13-14(16)15(19(2)18-13)17-12-8-5-7-11(9-12)10-20-3/h5,7-9,17H,4,6,10,16H2,1-3H3. The molecule has 0 amide bonds. The Morgan fingerprint density at radius 1 is 1.40 bits per heavy atom. The number of hydrogen-bond donors (Lipinski definition) is 2. The van der Waals surface area contributed by atoms with E-state index in [4.69, 9.17) is 10.5 Å². The number of aromatic nitrogens is 2. The van der Waals surface area contributed by atoms with Crippen molar-refractivity contribution in [3.05, 3.63) is 35.5 Å². The number of nitrogens with one attached hydrogen (secondary N) is 1. The molecule has 0 aliphatic heterocycles. The third-order valence-corrected chi connectivity index (χ3v) is 3.15. The minimum Gasteiger partial charge on any atom is -0.394 e. The summed E-state index contributed by atoms with van der Waals surface area (Å²) >= 11 is 0. The summed E-state index contributed by atoms with van der Waals surface area (Å²) in [5, 5.41) is 7.80. The highest BCUT2D eigenvalue weighted by Crippen LogP contribution is 2.26. The van der Waals surface area contributed by atoms with E-state index in [0.717, 1.165) is 41.3 Å². The van der Waals surface area contributed by atoms with E-state index in [9.17, 15) is 0 Å². The van der Waals surface area contributed by atoms with Crippen LogP contribution in [-0.4, -0.2) is 16.9 Å². The highest BCUT2D eigenvalue weighted by atomic mass is 16.5. The van der Waals surface area contributed by atoms with Crippen molar-refractivity contribution in [2.24, 2.45) is 7.05 Å². The number of nitrogens with zero attached hydrogens (tertiary/aromatic N) is 2. The number of methoxy groups -OCH3 is 1. The Labute approximate surface area is 119 Å². The van der Waals surface area contributed by atoms with Gasteiger partial charge in [-0.25, -0.2) is 0 Å². The Morgan fingerprint density at radius 3 is 2.90 bits per heavy atom. The molecule has 1 aromatic carbocycles. The van der Waals surface area contributed by atoms with Crippen LogP contribution in [-0.2, 0) is 24.8 Å². The minimum atomic E-state index is 0.595. The predicted octanol–water partition coefficient (Wildman–Crippen LogP) is 2.84. The normalized spacial score (nSPS) is 10.8. The lowest BCUT2D eigenvalue weighted by molar-refractivity contribution is 0.185. The number of rotatable bonds is 6. The Morgan fingerprint density at radius 2 is 2.20 bits per heavy atom. The van der Waals surface area contributed by atoms with Gasteiger partial charge < -0.3 is 15.8 Å². The quantitative estimate of drug-likeness (QED) is 0.850. The van der Waals surface area contributed by atoms with Crippen molar-refractivity contribution < 1.29 is 4.74 Å². The van der Waals surface area contributed by atoms with Gasteiger partial charge in [0.2, 0.25) is 0 Å². The van der Waals surface area contributed by atoms with E-state index in [1.54, 1.807) is 11.8 Å². The van der Waals surface area contributed by atoms with E-state index in [1.807, 2.05) is 25.2 Å². The van der Waals surface area contributed by atoms with Gasteiger partial charge in [0.1, 0.15) is 0 Å². The highest BCUT2D eigenvalue weighted by molar-refractivity contribution is 5.71. The number of ether oxygens (including phenoxy) is 1. The molecule has 0 bridgehead atoms. The van der Waals surface area contributed by atoms with Gasteiger partial charge in [0, 0.05) is 19.8 Å². The van der Waals surface area contributed by atoms with Crippen LogP contribution < -0.4 is 11.1 Å². The lowest BCUT2D eigenvalue weighted by atomic mass is 10.2. The average Bonchev–Trinajstić information content (AvgIpc) is 2.68. The zero-order chi connectivity index (χ0) is 14.5. The molecule has 0 aliphatic rings. The first-order valence-electron chi connectivity index (χ1n) is 6.82. The summed E-state index contributed by atoms with van der Waals surface area (Å²) in [7, 11) is 3.59. The summed E-state index contributed by atoms with van der Waals surface area (Å²) in [6, 6.07) is 8.08. The summed E-state index contributed by atoms with van der Waals surface area (Å²) in [6.07, 6.45) is 1.93. The van der Waals surface area contributed by atoms with E-state index >= 15 is 0 Å². The molecular formula is C15H22N4O. The lowest BCUT2D eigenvalue weighted by Crippen LogP contribution is -2.01. The summed E-state index contributed by atoms with van der Waals surface area (Å²) in [5.41, 5.74) is 9.94. The van der Waals surface area contributed by atoms with Crippen LogP contribution in [0.2, 0.25) is 0 Å². The third-order valence-electron chi connectivity index (χ3n) is 3.15. The fourth-order valence-electron chi connectivity index (χ4n) is 2.21. The van der Waals surface area contributed by atoms with Crippen LogP contribution in [0.1, 0.15) is 24.6 Å². The van der Waals surface area contributed by atoms with Crippen LogP contribution >= 0.6 is 0 Å². The molecule has 0 saturated carbocycles. The van der Waals surface area contributed by atoms with Crippen molar-refractivity contribution in [3.63, 3.8) is 0 Å². The number of hydrogen-bond acceptors (Lipinski definition) is 4. The van der Waals surface area contributed by atoms with E-state index in [2.05, 4.69) is 23.4 Å². The molecule has 0 atom stereocenters. The number of nitrogen functional groups attached to an aromatic ring is 1. The second-order valence-electron chi connectivity index (χ2n) is 4.84. The first kappa shape index (κ1) is 14.4. The molecule has 0 fully saturated rings. The van der Waals surface area contributed by atoms with Crippen LogP contribution in [0, 0.1) is 0 Å². The van der Waals surface area contributed by atoms with Crippen molar-refractivity contribution in [2.75, 3.05) is 18.2 Å². The predicted molar refractivity (Wildman–Crippen MR) is 82.1 cm³/mol. The zero-order valence-electron chi connectivity index (χ0n) is 12.3. The Kier molecular flexibility index (Phi) is 4.63. The molecule has 0 saturated heterocycles. The largest absolute Gasteiger partial charge is 0.394 e. The zero-order valence-corrected chi connectivity index (χ0v) is 12.3. The van der Waals surface area contributed by atoms with Crippen molar-refractivity contribution >= 4 is 17.2 Å². The summed E-state index contributed by atoms with van der Waals surface area (Å²) in [6.45, 7) is 2.72. The van der Waals surface area contributed by atoms with Crippen molar-refractivity contribution in [1.29, 1.82) is 0 Å².